The molecule has 0 bridgehead atoms. The highest BCUT2D eigenvalue weighted by atomic mass is 35.5. The minimum absolute atomic E-state index is 0.0323. The predicted molar refractivity (Wildman–Crippen MR) is 116 cm³/mol. The van der Waals surface area contributed by atoms with E-state index in [2.05, 4.69) is 6.08 Å². The van der Waals surface area contributed by atoms with Gasteiger partial charge in [0.2, 0.25) is 5.82 Å². The summed E-state index contributed by atoms with van der Waals surface area (Å²) in [6.45, 7) is 2.35. The van der Waals surface area contributed by atoms with Crippen molar-refractivity contribution < 1.29 is 13.5 Å². The van der Waals surface area contributed by atoms with E-state index >= 15 is 0 Å². The van der Waals surface area contributed by atoms with Crippen molar-refractivity contribution in [1.82, 2.24) is 0 Å². The molecule has 0 amide bonds. The molecule has 1 aromatic carbocycles. The number of hydrogen-bond donors (Lipinski definition) is 0. The Bertz CT molecular complexity index is 659. The van der Waals surface area contributed by atoms with Gasteiger partial charge in [-0.2, -0.15) is 4.39 Å². The molecule has 0 aromatic heterocycles. The van der Waals surface area contributed by atoms with Gasteiger partial charge in [0.25, 0.3) is 0 Å². The normalized spacial score (nSPS) is 28.0. The zero-order valence-electron chi connectivity index (χ0n) is 17.6. The van der Waals surface area contributed by atoms with E-state index < -0.39 is 11.6 Å². The molecule has 0 saturated heterocycles. The van der Waals surface area contributed by atoms with E-state index in [4.69, 9.17) is 16.3 Å². The smallest absolute Gasteiger partial charge is 0.200 e. The maximum absolute atomic E-state index is 14.4. The van der Waals surface area contributed by atoms with Crippen LogP contribution < -0.4 is 4.74 Å². The Kier molecular flexibility index (Phi) is 8.84. The first-order valence-electron chi connectivity index (χ1n) is 11.5. The lowest BCUT2D eigenvalue weighted by Gasteiger charge is -2.37. The maximum atomic E-state index is 14.4. The first kappa shape index (κ1) is 22.6. The number of aryl methyl sites for hydroxylation is 1. The largest absolute Gasteiger partial charge is 0.490 e. The lowest BCUT2D eigenvalue weighted by atomic mass is 9.68. The lowest BCUT2D eigenvalue weighted by molar-refractivity contribution is 0.152. The summed E-state index contributed by atoms with van der Waals surface area (Å²) in [5, 5.41) is 0. The second kappa shape index (κ2) is 11.3. The summed E-state index contributed by atoms with van der Waals surface area (Å²) in [4.78, 5) is 0. The van der Waals surface area contributed by atoms with Crippen molar-refractivity contribution in [2.24, 2.45) is 23.7 Å². The van der Waals surface area contributed by atoms with E-state index in [0.29, 0.717) is 30.4 Å². The molecule has 3 rings (SSSR count). The van der Waals surface area contributed by atoms with Gasteiger partial charge in [0.1, 0.15) is 0 Å². The van der Waals surface area contributed by atoms with Gasteiger partial charge in [-0.15, -0.1) is 0 Å². The zero-order chi connectivity index (χ0) is 20.6. The maximum Gasteiger partial charge on any atom is 0.200 e. The number of rotatable bonds is 8. The average Bonchev–Trinajstić information content (AvgIpc) is 2.75. The van der Waals surface area contributed by atoms with Crippen molar-refractivity contribution in [2.45, 2.75) is 77.6 Å². The predicted octanol–water partition coefficient (Wildman–Crippen LogP) is 8.05. The molecule has 162 valence electrons. The van der Waals surface area contributed by atoms with E-state index in [1.165, 1.54) is 51.4 Å². The molecule has 2 saturated carbocycles. The van der Waals surface area contributed by atoms with Crippen LogP contribution in [0.3, 0.4) is 0 Å². The Labute approximate surface area is 179 Å². The molecule has 0 unspecified atom stereocenters. The summed E-state index contributed by atoms with van der Waals surface area (Å²) in [6, 6.07) is 3.28. The van der Waals surface area contributed by atoms with Gasteiger partial charge in [0, 0.05) is 5.54 Å². The van der Waals surface area contributed by atoms with E-state index in [-0.39, 0.29) is 5.75 Å². The number of halogens is 3. The monoisotopic (exact) mass is 424 g/mol. The van der Waals surface area contributed by atoms with Gasteiger partial charge in [-0.25, -0.2) is 4.39 Å². The molecule has 4 heteroatoms. The van der Waals surface area contributed by atoms with Crippen LogP contribution in [0.4, 0.5) is 8.78 Å². The van der Waals surface area contributed by atoms with Crippen LogP contribution in [0.1, 0.15) is 76.7 Å². The van der Waals surface area contributed by atoms with E-state index in [1.54, 1.807) is 17.7 Å². The van der Waals surface area contributed by atoms with E-state index in [1.807, 2.05) is 6.92 Å². The fourth-order valence-corrected chi connectivity index (χ4v) is 5.51. The first-order chi connectivity index (χ1) is 14.1. The second-order valence-corrected chi connectivity index (χ2v) is 9.26. The Morgan fingerprint density at radius 1 is 0.966 bits per heavy atom. The number of hydrogen-bond acceptors (Lipinski definition) is 1. The summed E-state index contributed by atoms with van der Waals surface area (Å²) in [7, 11) is 0. The van der Waals surface area contributed by atoms with Crippen molar-refractivity contribution in [3.05, 3.63) is 40.9 Å². The molecule has 2 aliphatic carbocycles. The average molecular weight is 425 g/mol. The fourth-order valence-electron chi connectivity index (χ4n) is 5.31. The van der Waals surface area contributed by atoms with E-state index in [0.717, 1.165) is 24.7 Å². The molecule has 0 aliphatic heterocycles. The SMILES string of the molecule is CCCOc1ccc(CCC2CCC(C3CCC(/C=C/Cl)CC3)CC2)c(F)c1F. The lowest BCUT2D eigenvalue weighted by Crippen LogP contribution is -2.25. The molecule has 0 spiro atoms. The molecular formula is C25H35ClF2O. The van der Waals surface area contributed by atoms with Crippen LogP contribution in [-0.2, 0) is 6.42 Å². The van der Waals surface area contributed by atoms with Gasteiger partial charge >= 0.3 is 0 Å². The third-order valence-electron chi connectivity index (χ3n) is 7.13. The number of allylic oxidation sites excluding steroid dienone is 1. The second-order valence-electron chi connectivity index (χ2n) is 9.01. The quantitative estimate of drug-likeness (QED) is 0.410. The highest BCUT2D eigenvalue weighted by Gasteiger charge is 2.30. The zero-order valence-corrected chi connectivity index (χ0v) is 18.4. The number of ether oxygens (including phenoxy) is 1. The highest BCUT2D eigenvalue weighted by Crippen LogP contribution is 2.42. The highest BCUT2D eigenvalue weighted by molar-refractivity contribution is 6.25. The molecule has 2 fully saturated rings. The first-order valence-corrected chi connectivity index (χ1v) is 11.9. The fraction of sp³-hybridized carbons (Fsp3) is 0.680. The summed E-state index contributed by atoms with van der Waals surface area (Å²) in [5.74, 6) is 1.52. The molecule has 2 aliphatic rings. The van der Waals surface area contributed by atoms with Crippen molar-refractivity contribution in [2.75, 3.05) is 6.61 Å². The van der Waals surface area contributed by atoms with Crippen molar-refractivity contribution in [3.63, 3.8) is 0 Å². The van der Waals surface area contributed by atoms with E-state index in [9.17, 15) is 8.78 Å². The van der Waals surface area contributed by atoms with Crippen LogP contribution in [0.5, 0.6) is 5.75 Å². The Hall–Kier alpha value is -1.09. The molecule has 1 aromatic rings. The summed E-state index contributed by atoms with van der Waals surface area (Å²) in [5.41, 5.74) is 2.16. The number of benzene rings is 1. The minimum Gasteiger partial charge on any atom is -0.490 e. The summed E-state index contributed by atoms with van der Waals surface area (Å²) < 4.78 is 33.8. The van der Waals surface area contributed by atoms with Crippen LogP contribution >= 0.6 is 11.6 Å². The van der Waals surface area contributed by atoms with Crippen molar-refractivity contribution >= 4 is 11.6 Å². The van der Waals surface area contributed by atoms with Crippen LogP contribution in [0.2, 0.25) is 0 Å². The molecular weight excluding hydrogens is 390 g/mol. The van der Waals surface area contributed by atoms with Crippen molar-refractivity contribution in [3.8, 4) is 5.75 Å². The third kappa shape index (κ3) is 6.20. The van der Waals surface area contributed by atoms with Crippen molar-refractivity contribution in [1.29, 1.82) is 0 Å². The molecule has 0 radical (unpaired) electrons. The molecule has 0 N–H and O–H groups in total. The Morgan fingerprint density at radius 3 is 2.24 bits per heavy atom. The third-order valence-corrected chi connectivity index (χ3v) is 7.28. The van der Waals surface area contributed by atoms with Gasteiger partial charge < -0.3 is 4.74 Å². The van der Waals surface area contributed by atoms with Crippen LogP contribution in [0.15, 0.2) is 23.7 Å². The molecule has 1 nitrogen and oxygen atoms in total. The van der Waals surface area contributed by atoms with Gasteiger partial charge in [-0.1, -0.05) is 43.5 Å². The summed E-state index contributed by atoms with van der Waals surface area (Å²) in [6.07, 6.45) is 14.8. The summed E-state index contributed by atoms with van der Waals surface area (Å²) >= 11 is 5.73. The topological polar surface area (TPSA) is 9.23 Å². The van der Waals surface area contributed by atoms with Crippen LogP contribution in [0, 0.1) is 35.3 Å². The minimum atomic E-state index is -0.834. The molecule has 29 heavy (non-hydrogen) atoms. The van der Waals surface area contributed by atoms with Crippen LogP contribution in [-0.4, -0.2) is 6.61 Å². The molecule has 0 atom stereocenters. The molecule has 0 heterocycles. The Morgan fingerprint density at radius 2 is 1.62 bits per heavy atom. The van der Waals surface area contributed by atoms with Gasteiger partial charge in [0.15, 0.2) is 11.6 Å². The van der Waals surface area contributed by atoms with Gasteiger partial charge in [-0.05, 0) is 93.1 Å². The van der Waals surface area contributed by atoms with Crippen LogP contribution in [0.25, 0.3) is 0 Å². The van der Waals surface area contributed by atoms with Gasteiger partial charge in [0.05, 0.1) is 6.61 Å². The standard InChI is InChI=1S/C25H35ClF2O/c1-2-17-29-23-14-13-22(24(27)25(23)28)12-7-18-3-8-20(9-4-18)21-10-5-19(6-11-21)15-16-26/h13-16,18-21H,2-12,17H2,1H3/b16-15+. The Balaban J connectivity index is 1.43. The van der Waals surface area contributed by atoms with Gasteiger partial charge in [-0.3, -0.25) is 0 Å².